The van der Waals surface area contributed by atoms with Crippen LogP contribution in [0.5, 0.6) is 0 Å². The third kappa shape index (κ3) is 3.72. The minimum absolute atomic E-state index is 0.243. The maximum absolute atomic E-state index is 10.8. The lowest BCUT2D eigenvalue weighted by molar-refractivity contribution is -0.0525. The molecule has 0 spiro atoms. The molecule has 0 aliphatic carbocycles. The molecular formula is C19H24O2. The summed E-state index contributed by atoms with van der Waals surface area (Å²) in [7, 11) is 0. The predicted octanol–water partition coefficient (Wildman–Crippen LogP) is 3.81. The maximum Gasteiger partial charge on any atom is 0.0899 e. The Labute approximate surface area is 127 Å². The molecule has 0 heterocycles. The van der Waals surface area contributed by atoms with Crippen LogP contribution in [0.2, 0.25) is 0 Å². The molecular weight excluding hydrogens is 260 g/mol. The number of hydrogen-bond donors (Lipinski definition) is 2. The first-order valence-electron chi connectivity index (χ1n) is 7.30. The van der Waals surface area contributed by atoms with Gasteiger partial charge in [-0.1, -0.05) is 59.7 Å². The van der Waals surface area contributed by atoms with E-state index in [9.17, 15) is 10.2 Å². The minimum Gasteiger partial charge on any atom is -0.385 e. The molecule has 0 fully saturated rings. The summed E-state index contributed by atoms with van der Waals surface area (Å²) in [5.74, 6) is 0. The Morgan fingerprint density at radius 1 is 0.762 bits per heavy atom. The Balaban J connectivity index is 2.30. The van der Waals surface area contributed by atoms with Crippen molar-refractivity contribution in [2.75, 3.05) is 0 Å². The molecule has 0 aliphatic rings. The second-order valence-electron chi connectivity index (χ2n) is 6.46. The number of hydrogen-bond acceptors (Lipinski definition) is 2. The normalized spacial score (nSPS) is 17.0. The van der Waals surface area contributed by atoms with Crippen molar-refractivity contribution in [3.63, 3.8) is 0 Å². The smallest absolute Gasteiger partial charge is 0.0899 e. The molecule has 0 bridgehead atoms. The van der Waals surface area contributed by atoms with Crippen LogP contribution in [-0.4, -0.2) is 10.2 Å². The molecule has 0 saturated heterocycles. The van der Waals surface area contributed by atoms with E-state index in [1.54, 1.807) is 13.8 Å². The first kappa shape index (κ1) is 15.7. The van der Waals surface area contributed by atoms with Gasteiger partial charge in [0.05, 0.1) is 11.2 Å². The van der Waals surface area contributed by atoms with E-state index in [-0.39, 0.29) is 6.42 Å². The number of benzene rings is 2. The Hall–Kier alpha value is -1.64. The van der Waals surface area contributed by atoms with Crippen molar-refractivity contribution < 1.29 is 10.2 Å². The summed E-state index contributed by atoms with van der Waals surface area (Å²) in [5, 5.41) is 21.6. The van der Waals surface area contributed by atoms with Crippen molar-refractivity contribution in [3.05, 3.63) is 70.8 Å². The lowest BCUT2D eigenvalue weighted by Gasteiger charge is -2.34. The molecule has 0 saturated carbocycles. The monoisotopic (exact) mass is 284 g/mol. The van der Waals surface area contributed by atoms with Gasteiger partial charge in [0.1, 0.15) is 0 Å². The number of rotatable bonds is 4. The van der Waals surface area contributed by atoms with Crippen molar-refractivity contribution in [3.8, 4) is 0 Å². The third-order valence-corrected chi connectivity index (χ3v) is 3.97. The standard InChI is InChI=1S/C19H24O2/c1-14-7-5-9-16(11-14)18(3,20)13-19(4,21)17-10-6-8-15(2)12-17/h5-12,20-21H,13H2,1-4H3/t18-,19-/m0/s1. The van der Waals surface area contributed by atoms with Crippen LogP contribution in [0.15, 0.2) is 48.5 Å². The van der Waals surface area contributed by atoms with Gasteiger partial charge >= 0.3 is 0 Å². The molecule has 2 N–H and O–H groups in total. The molecule has 0 amide bonds. The van der Waals surface area contributed by atoms with Gasteiger partial charge in [0.2, 0.25) is 0 Å². The Morgan fingerprint density at radius 3 is 1.48 bits per heavy atom. The highest BCUT2D eigenvalue weighted by Crippen LogP contribution is 2.36. The fourth-order valence-corrected chi connectivity index (χ4v) is 2.83. The second-order valence-corrected chi connectivity index (χ2v) is 6.46. The highest BCUT2D eigenvalue weighted by Gasteiger charge is 2.35. The molecule has 21 heavy (non-hydrogen) atoms. The molecule has 2 heteroatoms. The van der Waals surface area contributed by atoms with Crippen LogP contribution in [0.4, 0.5) is 0 Å². The van der Waals surface area contributed by atoms with E-state index in [1.165, 1.54) is 0 Å². The highest BCUT2D eigenvalue weighted by molar-refractivity contribution is 5.31. The largest absolute Gasteiger partial charge is 0.385 e. The van der Waals surface area contributed by atoms with Crippen LogP contribution in [0, 0.1) is 13.8 Å². The summed E-state index contributed by atoms with van der Waals surface area (Å²) in [4.78, 5) is 0. The predicted molar refractivity (Wildman–Crippen MR) is 86.1 cm³/mol. The molecule has 0 aliphatic heterocycles. The minimum atomic E-state index is -1.08. The van der Waals surface area contributed by atoms with Crippen LogP contribution in [0.25, 0.3) is 0 Å². The Morgan fingerprint density at radius 2 is 1.14 bits per heavy atom. The van der Waals surface area contributed by atoms with Gasteiger partial charge in [0.25, 0.3) is 0 Å². The topological polar surface area (TPSA) is 40.5 Å². The summed E-state index contributed by atoms with van der Waals surface area (Å²) in [6, 6.07) is 15.6. The van der Waals surface area contributed by atoms with Gasteiger partial charge in [0, 0.05) is 6.42 Å². The highest BCUT2D eigenvalue weighted by atomic mass is 16.3. The van der Waals surface area contributed by atoms with E-state index in [1.807, 2.05) is 62.4 Å². The Bertz CT molecular complexity index is 571. The van der Waals surface area contributed by atoms with Crippen LogP contribution >= 0.6 is 0 Å². The van der Waals surface area contributed by atoms with Crippen molar-refractivity contribution in [2.45, 2.75) is 45.3 Å². The van der Waals surface area contributed by atoms with Crippen molar-refractivity contribution in [2.24, 2.45) is 0 Å². The first-order valence-corrected chi connectivity index (χ1v) is 7.30. The van der Waals surface area contributed by atoms with Gasteiger partial charge in [-0.2, -0.15) is 0 Å². The van der Waals surface area contributed by atoms with E-state index in [0.717, 1.165) is 22.3 Å². The van der Waals surface area contributed by atoms with Crippen LogP contribution < -0.4 is 0 Å². The fourth-order valence-electron chi connectivity index (χ4n) is 2.83. The molecule has 2 atom stereocenters. The number of aliphatic hydroxyl groups is 2. The van der Waals surface area contributed by atoms with E-state index in [0.29, 0.717) is 0 Å². The summed E-state index contributed by atoms with van der Waals surface area (Å²) < 4.78 is 0. The molecule has 0 aromatic heterocycles. The van der Waals surface area contributed by atoms with Crippen LogP contribution in [-0.2, 0) is 11.2 Å². The van der Waals surface area contributed by atoms with Crippen LogP contribution in [0.1, 0.15) is 42.5 Å². The zero-order chi connectivity index (χ0) is 15.7. The van der Waals surface area contributed by atoms with Crippen molar-refractivity contribution in [1.29, 1.82) is 0 Å². The second kappa shape index (κ2) is 5.63. The van der Waals surface area contributed by atoms with Gasteiger partial charge < -0.3 is 10.2 Å². The molecule has 2 nitrogen and oxygen atoms in total. The van der Waals surface area contributed by atoms with Gasteiger partial charge in [0.15, 0.2) is 0 Å². The first-order chi connectivity index (χ1) is 9.71. The zero-order valence-electron chi connectivity index (χ0n) is 13.2. The van der Waals surface area contributed by atoms with Gasteiger partial charge in [-0.15, -0.1) is 0 Å². The van der Waals surface area contributed by atoms with E-state index in [4.69, 9.17) is 0 Å². The lowest BCUT2D eigenvalue weighted by Crippen LogP contribution is -2.34. The molecule has 0 unspecified atom stereocenters. The van der Waals surface area contributed by atoms with Gasteiger partial charge in [-0.25, -0.2) is 0 Å². The molecule has 2 aromatic rings. The van der Waals surface area contributed by atoms with Crippen molar-refractivity contribution >= 4 is 0 Å². The van der Waals surface area contributed by atoms with Gasteiger partial charge in [-0.3, -0.25) is 0 Å². The lowest BCUT2D eigenvalue weighted by atomic mass is 9.80. The van der Waals surface area contributed by atoms with E-state index >= 15 is 0 Å². The SMILES string of the molecule is Cc1cccc([C@@](C)(O)C[C@](C)(O)c2cccc(C)c2)c1. The maximum atomic E-state index is 10.8. The molecule has 2 aromatic carbocycles. The number of aryl methyl sites for hydroxylation is 2. The summed E-state index contributed by atoms with van der Waals surface area (Å²) in [5.41, 5.74) is 1.69. The third-order valence-electron chi connectivity index (χ3n) is 3.97. The Kier molecular flexibility index (Phi) is 4.22. The average molecular weight is 284 g/mol. The molecule has 0 radical (unpaired) electrons. The van der Waals surface area contributed by atoms with Crippen LogP contribution in [0.3, 0.4) is 0 Å². The van der Waals surface area contributed by atoms with E-state index in [2.05, 4.69) is 0 Å². The average Bonchev–Trinajstić information content (AvgIpc) is 2.37. The fraction of sp³-hybridized carbons (Fsp3) is 0.368. The summed E-state index contributed by atoms with van der Waals surface area (Å²) in [6.07, 6.45) is 0.243. The van der Waals surface area contributed by atoms with Crippen molar-refractivity contribution in [1.82, 2.24) is 0 Å². The quantitative estimate of drug-likeness (QED) is 0.896. The zero-order valence-corrected chi connectivity index (χ0v) is 13.2. The molecule has 112 valence electrons. The summed E-state index contributed by atoms with van der Waals surface area (Å²) >= 11 is 0. The van der Waals surface area contributed by atoms with E-state index < -0.39 is 11.2 Å². The van der Waals surface area contributed by atoms with Gasteiger partial charge in [-0.05, 0) is 38.8 Å². The molecule has 2 rings (SSSR count). The summed E-state index contributed by atoms with van der Waals surface area (Å²) in [6.45, 7) is 7.51.